The van der Waals surface area contributed by atoms with Crippen molar-refractivity contribution in [2.45, 2.75) is 12.8 Å². The molecule has 0 radical (unpaired) electrons. The first-order valence-electron chi connectivity index (χ1n) is 11.0. The molecule has 3 aromatic rings. The number of hydrogen-bond acceptors (Lipinski definition) is 4. The monoisotopic (exact) mass is 460 g/mol. The maximum Gasteiger partial charge on any atom is 0.330 e. The smallest absolute Gasteiger partial charge is 0.330 e. The molecule has 0 unspecified atom stereocenters. The van der Waals surface area contributed by atoms with Gasteiger partial charge in [-0.25, -0.2) is 4.79 Å². The molecule has 1 aromatic heterocycles. The van der Waals surface area contributed by atoms with Crippen molar-refractivity contribution in [3.05, 3.63) is 110 Å². The maximum atomic E-state index is 12.9. The molecule has 8 nitrogen and oxygen atoms in total. The van der Waals surface area contributed by atoms with Crippen LogP contribution in [0.25, 0.3) is 6.08 Å². The molecule has 0 saturated carbocycles. The van der Waals surface area contributed by atoms with Gasteiger partial charge < -0.3 is 15.2 Å². The highest BCUT2D eigenvalue weighted by atomic mass is 16.2. The lowest BCUT2D eigenvalue weighted by Gasteiger charge is -2.11. The van der Waals surface area contributed by atoms with E-state index in [1.54, 1.807) is 0 Å². The second kappa shape index (κ2) is 11.6. The molecule has 0 aliphatic heterocycles. The molecular formula is C26H28N4O4. The quantitative estimate of drug-likeness (QED) is 0.284. The Hall–Kier alpha value is -4.20. The number of nitrogens with zero attached hydrogens (tertiary/aromatic N) is 2. The van der Waals surface area contributed by atoms with Crippen LogP contribution in [-0.2, 0) is 36.5 Å². The van der Waals surface area contributed by atoms with Crippen molar-refractivity contribution >= 4 is 17.9 Å². The molecule has 0 aliphatic rings. The molecule has 3 rings (SSSR count). The molecule has 2 N–H and O–H groups in total. The van der Waals surface area contributed by atoms with Crippen LogP contribution in [0.5, 0.6) is 0 Å². The average Bonchev–Trinajstić information content (AvgIpc) is 2.85. The number of aromatic nitrogens is 2. The lowest BCUT2D eigenvalue weighted by molar-refractivity contribution is -0.123. The van der Waals surface area contributed by atoms with Crippen molar-refractivity contribution in [1.29, 1.82) is 0 Å². The third kappa shape index (κ3) is 6.41. The minimum Gasteiger partial charge on any atom is -0.352 e. The summed E-state index contributed by atoms with van der Waals surface area (Å²) in [6.07, 6.45) is 3.74. The SMILES string of the molecule is Cn1cc(C=C(C(=O)NCCc2ccccc2)C(=O)NCCc2ccccc2)c(=O)n(C)c1=O. The maximum absolute atomic E-state index is 12.9. The summed E-state index contributed by atoms with van der Waals surface area (Å²) in [7, 11) is 2.85. The van der Waals surface area contributed by atoms with E-state index in [1.165, 1.54) is 30.9 Å². The Morgan fingerprint density at radius 2 is 1.26 bits per heavy atom. The number of carbonyl (C=O) groups excluding carboxylic acids is 2. The fraction of sp³-hybridized carbons (Fsp3) is 0.231. The summed E-state index contributed by atoms with van der Waals surface area (Å²) in [6, 6.07) is 19.3. The number of amides is 2. The largest absolute Gasteiger partial charge is 0.352 e. The predicted molar refractivity (Wildman–Crippen MR) is 131 cm³/mol. The van der Waals surface area contributed by atoms with Crippen LogP contribution in [-0.4, -0.2) is 34.0 Å². The predicted octanol–water partition coefficient (Wildman–Crippen LogP) is 1.19. The molecule has 1 heterocycles. The first-order chi connectivity index (χ1) is 16.4. The summed E-state index contributed by atoms with van der Waals surface area (Å²) < 4.78 is 2.16. The summed E-state index contributed by atoms with van der Waals surface area (Å²) in [5, 5.41) is 5.51. The van der Waals surface area contributed by atoms with Gasteiger partial charge in [-0.3, -0.25) is 19.0 Å². The highest BCUT2D eigenvalue weighted by molar-refractivity contribution is 6.21. The molecule has 8 heteroatoms. The van der Waals surface area contributed by atoms with E-state index in [-0.39, 0.29) is 11.1 Å². The van der Waals surface area contributed by atoms with Gasteiger partial charge in [-0.05, 0) is 30.0 Å². The van der Waals surface area contributed by atoms with Crippen molar-refractivity contribution in [3.8, 4) is 0 Å². The minimum atomic E-state index is -0.593. The van der Waals surface area contributed by atoms with Crippen molar-refractivity contribution in [1.82, 2.24) is 19.8 Å². The van der Waals surface area contributed by atoms with E-state index in [9.17, 15) is 19.2 Å². The van der Waals surface area contributed by atoms with E-state index in [0.717, 1.165) is 15.7 Å². The zero-order valence-electron chi connectivity index (χ0n) is 19.3. The number of benzene rings is 2. The standard InChI is InChI=1S/C26H28N4O4/c1-29-18-21(25(33)30(2)26(29)34)17-22(23(31)27-15-13-19-9-5-3-6-10-19)24(32)28-16-14-20-11-7-4-8-12-20/h3-12,17-18H,13-16H2,1-2H3,(H,27,31)(H,28,32). The second-order valence-electron chi connectivity index (χ2n) is 7.88. The Morgan fingerprint density at radius 3 is 1.74 bits per heavy atom. The van der Waals surface area contributed by atoms with E-state index in [2.05, 4.69) is 10.6 Å². The van der Waals surface area contributed by atoms with Gasteiger partial charge in [0.25, 0.3) is 17.4 Å². The molecule has 0 saturated heterocycles. The lowest BCUT2D eigenvalue weighted by Crippen LogP contribution is -2.39. The zero-order valence-corrected chi connectivity index (χ0v) is 19.3. The minimum absolute atomic E-state index is 0.0658. The summed E-state index contributed by atoms with van der Waals surface area (Å²) in [4.78, 5) is 50.4. The third-order valence-corrected chi connectivity index (χ3v) is 5.35. The van der Waals surface area contributed by atoms with Crippen molar-refractivity contribution < 1.29 is 9.59 Å². The normalized spacial score (nSPS) is 10.4. The molecule has 0 aliphatic carbocycles. The van der Waals surface area contributed by atoms with Gasteiger partial charge in [-0.1, -0.05) is 60.7 Å². The van der Waals surface area contributed by atoms with E-state index in [0.29, 0.717) is 25.9 Å². The topological polar surface area (TPSA) is 102 Å². The van der Waals surface area contributed by atoms with Crippen molar-refractivity contribution in [3.63, 3.8) is 0 Å². The van der Waals surface area contributed by atoms with Gasteiger partial charge in [0.2, 0.25) is 0 Å². The summed E-state index contributed by atoms with van der Waals surface area (Å²) in [5.74, 6) is -1.19. The molecule has 0 fully saturated rings. The molecule has 0 bridgehead atoms. The highest BCUT2D eigenvalue weighted by Gasteiger charge is 2.19. The van der Waals surface area contributed by atoms with Gasteiger partial charge in [0.05, 0.1) is 5.56 Å². The molecule has 2 aromatic carbocycles. The first kappa shape index (κ1) is 24.4. The third-order valence-electron chi connectivity index (χ3n) is 5.35. The Balaban J connectivity index is 1.79. The summed E-state index contributed by atoms with van der Waals surface area (Å²) >= 11 is 0. The van der Waals surface area contributed by atoms with Crippen LogP contribution in [0.2, 0.25) is 0 Å². The van der Waals surface area contributed by atoms with Gasteiger partial charge in [-0.2, -0.15) is 0 Å². The second-order valence-corrected chi connectivity index (χ2v) is 7.88. The van der Waals surface area contributed by atoms with Crippen molar-refractivity contribution in [2.24, 2.45) is 14.1 Å². The van der Waals surface area contributed by atoms with Gasteiger partial charge in [0.1, 0.15) is 5.57 Å². The van der Waals surface area contributed by atoms with E-state index in [1.807, 2.05) is 60.7 Å². The van der Waals surface area contributed by atoms with E-state index in [4.69, 9.17) is 0 Å². The number of rotatable bonds is 9. The molecule has 176 valence electrons. The fourth-order valence-corrected chi connectivity index (χ4v) is 3.45. The Bertz CT molecular complexity index is 1230. The Kier molecular flexibility index (Phi) is 8.34. The number of carbonyl (C=O) groups is 2. The Morgan fingerprint density at radius 1 is 0.794 bits per heavy atom. The van der Waals surface area contributed by atoms with Gasteiger partial charge in [0, 0.05) is 33.4 Å². The highest BCUT2D eigenvalue weighted by Crippen LogP contribution is 2.05. The van der Waals surface area contributed by atoms with E-state index >= 15 is 0 Å². The van der Waals surface area contributed by atoms with Crippen molar-refractivity contribution in [2.75, 3.05) is 13.1 Å². The first-order valence-corrected chi connectivity index (χ1v) is 11.0. The van der Waals surface area contributed by atoms with Crippen LogP contribution in [0.3, 0.4) is 0 Å². The fourth-order valence-electron chi connectivity index (χ4n) is 3.45. The Labute approximate surface area is 197 Å². The van der Waals surface area contributed by atoms with Crippen LogP contribution < -0.4 is 21.9 Å². The average molecular weight is 461 g/mol. The van der Waals surface area contributed by atoms with Gasteiger partial charge in [-0.15, -0.1) is 0 Å². The molecular weight excluding hydrogens is 432 g/mol. The van der Waals surface area contributed by atoms with Crippen LogP contribution in [0.4, 0.5) is 0 Å². The summed E-state index contributed by atoms with van der Waals surface area (Å²) in [6.45, 7) is 0.644. The van der Waals surface area contributed by atoms with Gasteiger partial charge in [0.15, 0.2) is 0 Å². The number of hydrogen-bond donors (Lipinski definition) is 2. The number of aryl methyl sites for hydroxylation is 1. The molecule has 2 amide bonds. The number of nitrogens with one attached hydrogen (secondary N) is 2. The van der Waals surface area contributed by atoms with Crippen LogP contribution in [0, 0.1) is 0 Å². The molecule has 34 heavy (non-hydrogen) atoms. The summed E-state index contributed by atoms with van der Waals surface area (Å²) in [5.41, 5.74) is 0.881. The van der Waals surface area contributed by atoms with Crippen LogP contribution in [0.1, 0.15) is 16.7 Å². The van der Waals surface area contributed by atoms with E-state index < -0.39 is 23.1 Å². The molecule has 0 atom stereocenters. The van der Waals surface area contributed by atoms with Gasteiger partial charge >= 0.3 is 5.69 Å². The lowest BCUT2D eigenvalue weighted by atomic mass is 10.1. The zero-order chi connectivity index (χ0) is 24.5. The van der Waals surface area contributed by atoms with Crippen LogP contribution >= 0.6 is 0 Å². The van der Waals surface area contributed by atoms with Crippen LogP contribution in [0.15, 0.2) is 82.0 Å². The molecule has 0 spiro atoms.